The highest BCUT2D eigenvalue weighted by Gasteiger charge is 2.49. The van der Waals surface area contributed by atoms with Gasteiger partial charge in [-0.05, 0) is 83.5 Å². The van der Waals surface area contributed by atoms with Gasteiger partial charge in [-0.1, -0.05) is 19.0 Å². The number of carbonyl (C=O) groups is 2. The average Bonchev–Trinajstić information content (AvgIpc) is 3.20. The second-order valence-electron chi connectivity index (χ2n) is 11.5. The van der Waals surface area contributed by atoms with Gasteiger partial charge in [0.15, 0.2) is 0 Å². The Morgan fingerprint density at radius 2 is 1.81 bits per heavy atom. The topological polar surface area (TPSA) is 89.6 Å². The number of carbonyl (C=O) groups excluding carboxylic acids is 1. The smallest absolute Gasteiger partial charge is 0.310 e. The van der Waals surface area contributed by atoms with E-state index in [2.05, 4.69) is 19.0 Å². The Labute approximate surface area is 185 Å². The van der Waals surface area contributed by atoms with Crippen LogP contribution in [0.5, 0.6) is 0 Å². The van der Waals surface area contributed by atoms with Gasteiger partial charge in [0.1, 0.15) is 11.4 Å². The molecule has 3 aliphatic carbocycles. The van der Waals surface area contributed by atoms with Crippen molar-refractivity contribution < 1.29 is 24.0 Å². The summed E-state index contributed by atoms with van der Waals surface area (Å²) in [5.74, 6) is 0.912. The molecule has 3 atom stereocenters. The standard InChI is InChI=1S/C25H37NO5/c1-13(2)8-14-9-16(10-14)22-20(15-6-7-15)21(26-31-22)18-11-17(23(27)28)12-19(18)24(29)30-25(3,4)5/h13-19H,6-12H2,1-5H3,(H,27,28)/t14?,16?,17?,18?,19-/m0/s1. The highest BCUT2D eigenvalue weighted by molar-refractivity contribution is 5.78. The van der Waals surface area contributed by atoms with Gasteiger partial charge < -0.3 is 14.4 Å². The van der Waals surface area contributed by atoms with Crippen LogP contribution in [0.15, 0.2) is 4.52 Å². The van der Waals surface area contributed by atoms with Gasteiger partial charge in [-0.2, -0.15) is 0 Å². The Kier molecular flexibility index (Phi) is 5.95. The fourth-order valence-corrected chi connectivity index (χ4v) is 5.66. The maximum atomic E-state index is 13.0. The third-order valence-corrected chi connectivity index (χ3v) is 7.15. The second-order valence-corrected chi connectivity index (χ2v) is 11.5. The van der Waals surface area contributed by atoms with Gasteiger partial charge in [0.05, 0.1) is 17.5 Å². The SMILES string of the molecule is CC(C)CC1CC(c2onc(C3CC(C(=O)O)C[C@@H]3C(=O)OC(C)(C)C)c2C2CC2)C1. The van der Waals surface area contributed by atoms with Gasteiger partial charge in [0.2, 0.25) is 0 Å². The molecule has 3 fully saturated rings. The number of aliphatic carboxylic acids is 1. The van der Waals surface area contributed by atoms with Crippen LogP contribution in [0.4, 0.5) is 0 Å². The Balaban J connectivity index is 1.59. The number of rotatable bonds is 7. The van der Waals surface area contributed by atoms with Crippen molar-refractivity contribution in [1.82, 2.24) is 5.16 Å². The molecule has 172 valence electrons. The van der Waals surface area contributed by atoms with Gasteiger partial charge in [0.25, 0.3) is 0 Å². The van der Waals surface area contributed by atoms with Crippen molar-refractivity contribution >= 4 is 11.9 Å². The molecule has 2 unspecified atom stereocenters. The van der Waals surface area contributed by atoms with E-state index in [9.17, 15) is 14.7 Å². The number of nitrogens with zero attached hydrogens (tertiary/aromatic N) is 1. The molecule has 1 heterocycles. The predicted octanol–water partition coefficient (Wildman–Crippen LogP) is 5.63. The molecular weight excluding hydrogens is 394 g/mol. The zero-order valence-corrected chi connectivity index (χ0v) is 19.5. The van der Waals surface area contributed by atoms with Crippen LogP contribution in [-0.4, -0.2) is 27.8 Å². The minimum atomic E-state index is -0.844. The summed E-state index contributed by atoms with van der Waals surface area (Å²) in [6.07, 6.45) is 6.51. The highest BCUT2D eigenvalue weighted by Crippen LogP contribution is 2.55. The zero-order valence-electron chi connectivity index (χ0n) is 19.5. The van der Waals surface area contributed by atoms with Gasteiger partial charge >= 0.3 is 11.9 Å². The lowest BCUT2D eigenvalue weighted by Gasteiger charge is -2.35. The maximum absolute atomic E-state index is 13.0. The fourth-order valence-electron chi connectivity index (χ4n) is 5.66. The summed E-state index contributed by atoms with van der Waals surface area (Å²) in [5.41, 5.74) is 1.43. The molecule has 1 aromatic rings. The molecular formula is C25H37NO5. The molecule has 0 bridgehead atoms. The van der Waals surface area contributed by atoms with E-state index in [1.54, 1.807) is 0 Å². The molecule has 0 aliphatic heterocycles. The molecule has 3 aliphatic rings. The van der Waals surface area contributed by atoms with Crippen molar-refractivity contribution in [3.8, 4) is 0 Å². The summed E-state index contributed by atoms with van der Waals surface area (Å²) in [4.78, 5) is 24.7. The number of hydrogen-bond donors (Lipinski definition) is 1. The van der Waals surface area contributed by atoms with E-state index in [-0.39, 0.29) is 11.9 Å². The minimum absolute atomic E-state index is 0.240. The van der Waals surface area contributed by atoms with E-state index in [1.807, 2.05) is 20.8 Å². The van der Waals surface area contributed by atoms with Crippen LogP contribution in [0.1, 0.15) is 114 Å². The molecule has 6 nitrogen and oxygen atoms in total. The summed E-state index contributed by atoms with van der Waals surface area (Å²) in [5, 5.41) is 14.1. The molecule has 6 heteroatoms. The first-order chi connectivity index (χ1) is 14.5. The molecule has 1 N–H and O–H groups in total. The Hall–Kier alpha value is -1.85. The van der Waals surface area contributed by atoms with Crippen molar-refractivity contribution in [1.29, 1.82) is 0 Å². The van der Waals surface area contributed by atoms with Gasteiger partial charge in [0, 0.05) is 17.4 Å². The number of aromatic nitrogens is 1. The average molecular weight is 432 g/mol. The number of ether oxygens (including phenoxy) is 1. The van der Waals surface area contributed by atoms with Crippen molar-refractivity contribution in [2.75, 3.05) is 0 Å². The van der Waals surface area contributed by atoms with Crippen molar-refractivity contribution in [2.24, 2.45) is 23.7 Å². The Morgan fingerprint density at radius 3 is 2.35 bits per heavy atom. The van der Waals surface area contributed by atoms with Crippen molar-refractivity contribution in [2.45, 2.75) is 103 Å². The number of carboxylic acid groups (broad SMARTS) is 1. The molecule has 0 amide bonds. The lowest BCUT2D eigenvalue weighted by atomic mass is 9.69. The van der Waals surface area contributed by atoms with Gasteiger partial charge in [-0.15, -0.1) is 0 Å². The number of esters is 1. The van der Waals surface area contributed by atoms with Crippen LogP contribution in [0, 0.1) is 23.7 Å². The molecule has 1 aromatic heterocycles. The molecule has 3 saturated carbocycles. The lowest BCUT2D eigenvalue weighted by Crippen LogP contribution is -2.30. The Morgan fingerprint density at radius 1 is 1.13 bits per heavy atom. The first-order valence-electron chi connectivity index (χ1n) is 12.0. The summed E-state index contributed by atoms with van der Waals surface area (Å²) in [7, 11) is 0. The Bertz CT molecular complexity index is 825. The predicted molar refractivity (Wildman–Crippen MR) is 116 cm³/mol. The van der Waals surface area contributed by atoms with Crippen LogP contribution in [0.25, 0.3) is 0 Å². The van der Waals surface area contributed by atoms with E-state index >= 15 is 0 Å². The van der Waals surface area contributed by atoms with Crippen LogP contribution in [0.2, 0.25) is 0 Å². The zero-order chi connectivity index (χ0) is 22.5. The number of hydrogen-bond acceptors (Lipinski definition) is 5. The first kappa shape index (κ1) is 22.3. The third-order valence-electron chi connectivity index (χ3n) is 7.15. The summed E-state index contributed by atoms with van der Waals surface area (Å²) >= 11 is 0. The van der Waals surface area contributed by atoms with E-state index < -0.39 is 23.4 Å². The molecule has 0 radical (unpaired) electrons. The van der Waals surface area contributed by atoms with Gasteiger partial charge in [-0.25, -0.2) is 0 Å². The van der Waals surface area contributed by atoms with E-state index in [4.69, 9.17) is 9.26 Å². The van der Waals surface area contributed by atoms with Crippen molar-refractivity contribution in [3.63, 3.8) is 0 Å². The van der Waals surface area contributed by atoms with Crippen LogP contribution < -0.4 is 0 Å². The summed E-state index contributed by atoms with van der Waals surface area (Å²) < 4.78 is 11.6. The molecule has 4 rings (SSSR count). The quantitative estimate of drug-likeness (QED) is 0.563. The minimum Gasteiger partial charge on any atom is -0.481 e. The van der Waals surface area contributed by atoms with Crippen molar-refractivity contribution in [3.05, 3.63) is 17.0 Å². The number of carboxylic acids is 1. The molecule has 0 spiro atoms. The molecule has 0 saturated heterocycles. The molecule has 31 heavy (non-hydrogen) atoms. The van der Waals surface area contributed by atoms with E-state index in [0.717, 1.165) is 43.1 Å². The summed E-state index contributed by atoms with van der Waals surface area (Å²) in [6, 6.07) is 0. The largest absolute Gasteiger partial charge is 0.481 e. The van der Waals surface area contributed by atoms with Crippen LogP contribution >= 0.6 is 0 Å². The van der Waals surface area contributed by atoms with Crippen LogP contribution in [0.3, 0.4) is 0 Å². The second kappa shape index (κ2) is 8.25. The van der Waals surface area contributed by atoms with E-state index in [1.165, 1.54) is 12.0 Å². The van der Waals surface area contributed by atoms with Gasteiger partial charge in [-0.3, -0.25) is 9.59 Å². The monoisotopic (exact) mass is 431 g/mol. The first-order valence-corrected chi connectivity index (χ1v) is 12.0. The summed E-state index contributed by atoms with van der Waals surface area (Å²) in [6.45, 7) is 10.1. The fraction of sp³-hybridized carbons (Fsp3) is 0.800. The third kappa shape index (κ3) is 4.83. The lowest BCUT2D eigenvalue weighted by molar-refractivity contribution is -0.160. The van der Waals surface area contributed by atoms with Crippen LogP contribution in [-0.2, 0) is 14.3 Å². The molecule has 0 aromatic carbocycles. The maximum Gasteiger partial charge on any atom is 0.310 e. The normalized spacial score (nSPS) is 31.0. The van der Waals surface area contributed by atoms with E-state index in [0.29, 0.717) is 30.6 Å². The highest BCUT2D eigenvalue weighted by atomic mass is 16.6.